The van der Waals surface area contributed by atoms with Crippen molar-refractivity contribution < 1.29 is 9.53 Å². The van der Waals surface area contributed by atoms with Crippen molar-refractivity contribution in [3.8, 4) is 0 Å². The quantitative estimate of drug-likeness (QED) is 0.810. The van der Waals surface area contributed by atoms with Crippen molar-refractivity contribution >= 4 is 17.2 Å². The van der Waals surface area contributed by atoms with Gasteiger partial charge in [0.1, 0.15) is 6.10 Å². The summed E-state index contributed by atoms with van der Waals surface area (Å²) in [5.41, 5.74) is 0. The molecule has 18 heavy (non-hydrogen) atoms. The van der Waals surface area contributed by atoms with E-state index in [1.165, 1.54) is 4.88 Å². The van der Waals surface area contributed by atoms with Crippen LogP contribution in [0.2, 0.25) is 0 Å². The third-order valence-corrected chi connectivity index (χ3v) is 4.01. The van der Waals surface area contributed by atoms with E-state index < -0.39 is 0 Å². The van der Waals surface area contributed by atoms with Gasteiger partial charge in [-0.3, -0.25) is 4.79 Å². The molecule has 6 heteroatoms. The van der Waals surface area contributed by atoms with Crippen molar-refractivity contribution in [1.82, 2.24) is 15.6 Å². The highest BCUT2D eigenvalue weighted by Gasteiger charge is 2.20. The zero-order valence-electron chi connectivity index (χ0n) is 10.6. The number of nitrogens with zero attached hydrogens (tertiary/aromatic N) is 1. The Hall–Kier alpha value is -0.980. The molecule has 1 saturated heterocycles. The number of rotatable bonds is 5. The molecular formula is C12H19N3O2S. The molecule has 2 rings (SSSR count). The van der Waals surface area contributed by atoms with Crippen molar-refractivity contribution in [2.75, 3.05) is 26.2 Å². The van der Waals surface area contributed by atoms with E-state index in [-0.39, 0.29) is 12.0 Å². The molecule has 0 radical (unpaired) electrons. The largest absolute Gasteiger partial charge is 0.366 e. The zero-order valence-corrected chi connectivity index (χ0v) is 11.4. The maximum atomic E-state index is 11.8. The number of ether oxygens (including phenoxy) is 1. The van der Waals surface area contributed by atoms with Crippen LogP contribution in [0.4, 0.5) is 0 Å². The number of thiazole rings is 1. The lowest BCUT2D eigenvalue weighted by Gasteiger charge is -2.22. The van der Waals surface area contributed by atoms with Crippen molar-refractivity contribution in [1.29, 1.82) is 0 Å². The molecule has 5 nitrogen and oxygen atoms in total. The number of morpholine rings is 1. The van der Waals surface area contributed by atoms with Crippen LogP contribution in [0.1, 0.15) is 16.8 Å². The first kappa shape index (κ1) is 13.5. The smallest absolute Gasteiger partial charge is 0.250 e. The van der Waals surface area contributed by atoms with Crippen molar-refractivity contribution in [2.45, 2.75) is 25.9 Å². The molecule has 1 aromatic heterocycles. The summed E-state index contributed by atoms with van der Waals surface area (Å²) in [7, 11) is 0. The van der Waals surface area contributed by atoms with Gasteiger partial charge in [-0.1, -0.05) is 6.92 Å². The fourth-order valence-electron chi connectivity index (χ4n) is 1.77. The molecule has 1 amide bonds. The summed E-state index contributed by atoms with van der Waals surface area (Å²) in [6, 6.07) is 0. The van der Waals surface area contributed by atoms with Crippen LogP contribution in [0.15, 0.2) is 6.20 Å². The van der Waals surface area contributed by atoms with E-state index in [1.807, 2.05) is 6.20 Å². The van der Waals surface area contributed by atoms with Gasteiger partial charge in [0.05, 0.1) is 11.6 Å². The molecule has 1 fully saturated rings. The molecule has 0 bridgehead atoms. The summed E-state index contributed by atoms with van der Waals surface area (Å²) in [5, 5.41) is 7.11. The van der Waals surface area contributed by atoms with Gasteiger partial charge in [-0.05, 0) is 6.42 Å². The van der Waals surface area contributed by atoms with Gasteiger partial charge in [0.15, 0.2) is 0 Å². The number of nitrogens with one attached hydrogen (secondary N) is 2. The highest BCUT2D eigenvalue weighted by atomic mass is 32.1. The normalized spacial score (nSPS) is 19.7. The van der Waals surface area contributed by atoms with Gasteiger partial charge >= 0.3 is 0 Å². The highest BCUT2D eigenvalue weighted by molar-refractivity contribution is 7.11. The third-order valence-electron chi connectivity index (χ3n) is 2.81. The van der Waals surface area contributed by atoms with E-state index >= 15 is 0 Å². The van der Waals surface area contributed by atoms with Crippen LogP contribution in [-0.4, -0.2) is 43.2 Å². The number of amides is 1. The number of carbonyl (C=O) groups is 1. The average molecular weight is 269 g/mol. The van der Waals surface area contributed by atoms with Crippen LogP contribution in [0.25, 0.3) is 0 Å². The van der Waals surface area contributed by atoms with E-state index in [9.17, 15) is 4.79 Å². The van der Waals surface area contributed by atoms with E-state index in [1.54, 1.807) is 11.3 Å². The third kappa shape index (κ3) is 3.76. The minimum absolute atomic E-state index is 0.0329. The summed E-state index contributed by atoms with van der Waals surface area (Å²) in [5.74, 6) is -0.0329. The van der Waals surface area contributed by atoms with Crippen LogP contribution >= 0.6 is 11.3 Å². The van der Waals surface area contributed by atoms with Gasteiger partial charge in [0.25, 0.3) is 0 Å². The topological polar surface area (TPSA) is 63.2 Å². The van der Waals surface area contributed by atoms with Crippen LogP contribution in [0.3, 0.4) is 0 Å². The van der Waals surface area contributed by atoms with Crippen molar-refractivity contribution in [3.63, 3.8) is 0 Å². The van der Waals surface area contributed by atoms with E-state index in [4.69, 9.17) is 4.74 Å². The molecule has 1 aliphatic rings. The number of aryl methyl sites for hydroxylation is 1. The number of hydrogen-bond acceptors (Lipinski definition) is 5. The van der Waals surface area contributed by atoms with Gasteiger partial charge in [0, 0.05) is 37.1 Å². The Kier molecular flexibility index (Phi) is 5.10. The fraction of sp³-hybridized carbons (Fsp3) is 0.667. The second kappa shape index (κ2) is 6.82. The Balaban J connectivity index is 1.69. The second-order valence-corrected chi connectivity index (χ2v) is 5.38. The molecule has 0 saturated carbocycles. The van der Waals surface area contributed by atoms with Crippen molar-refractivity contribution in [3.05, 3.63) is 16.1 Å². The number of carbonyl (C=O) groups excluding carboxylic acids is 1. The molecule has 100 valence electrons. The summed E-state index contributed by atoms with van der Waals surface area (Å²) in [4.78, 5) is 17.4. The molecule has 1 unspecified atom stereocenters. The van der Waals surface area contributed by atoms with E-state index in [2.05, 4.69) is 22.5 Å². The van der Waals surface area contributed by atoms with Crippen LogP contribution in [0.5, 0.6) is 0 Å². The monoisotopic (exact) mass is 269 g/mol. The Morgan fingerprint density at radius 1 is 1.72 bits per heavy atom. The predicted octanol–water partition coefficient (Wildman–Crippen LogP) is 0.353. The second-order valence-electron chi connectivity index (χ2n) is 4.18. The molecule has 1 atom stereocenters. The molecule has 0 aromatic carbocycles. The standard InChI is InChI=1S/C12H19N3O2S/c1-2-9-7-15-11(18-9)3-4-14-12(16)10-8-13-5-6-17-10/h7,10,13H,2-6,8H2,1H3,(H,14,16). The first-order valence-electron chi connectivity index (χ1n) is 6.33. The predicted molar refractivity (Wildman–Crippen MR) is 70.8 cm³/mol. The van der Waals surface area contributed by atoms with E-state index in [0.29, 0.717) is 19.7 Å². The minimum Gasteiger partial charge on any atom is -0.366 e. The lowest BCUT2D eigenvalue weighted by atomic mass is 10.3. The van der Waals surface area contributed by atoms with Crippen molar-refractivity contribution in [2.24, 2.45) is 0 Å². The summed E-state index contributed by atoms with van der Waals surface area (Å²) in [6.45, 7) is 4.76. The van der Waals surface area contributed by atoms with Crippen LogP contribution in [0, 0.1) is 0 Å². The first-order valence-corrected chi connectivity index (χ1v) is 7.15. The Labute approximate surface area is 111 Å². The van der Waals surface area contributed by atoms with Crippen LogP contribution in [-0.2, 0) is 22.4 Å². The number of hydrogen-bond donors (Lipinski definition) is 2. The maximum Gasteiger partial charge on any atom is 0.250 e. The van der Waals surface area contributed by atoms with E-state index in [0.717, 1.165) is 24.4 Å². The summed E-state index contributed by atoms with van der Waals surface area (Å²) < 4.78 is 5.38. The SMILES string of the molecule is CCc1cnc(CCNC(=O)C2CNCCO2)s1. The average Bonchev–Trinajstić information content (AvgIpc) is 2.87. The summed E-state index contributed by atoms with van der Waals surface area (Å²) >= 11 is 1.71. The maximum absolute atomic E-state index is 11.8. The molecule has 2 heterocycles. The molecule has 2 N–H and O–H groups in total. The Morgan fingerprint density at radius 2 is 2.61 bits per heavy atom. The fourth-order valence-corrected chi connectivity index (χ4v) is 2.63. The highest BCUT2D eigenvalue weighted by Crippen LogP contribution is 2.13. The van der Waals surface area contributed by atoms with Gasteiger partial charge in [-0.2, -0.15) is 0 Å². The Bertz CT molecular complexity index is 388. The van der Waals surface area contributed by atoms with Gasteiger partial charge in [0.2, 0.25) is 5.91 Å². The zero-order chi connectivity index (χ0) is 12.8. The molecule has 1 aliphatic heterocycles. The van der Waals surface area contributed by atoms with Crippen LogP contribution < -0.4 is 10.6 Å². The number of aromatic nitrogens is 1. The van der Waals surface area contributed by atoms with Gasteiger partial charge in [-0.25, -0.2) is 4.98 Å². The van der Waals surface area contributed by atoms with Gasteiger partial charge < -0.3 is 15.4 Å². The van der Waals surface area contributed by atoms with Gasteiger partial charge in [-0.15, -0.1) is 11.3 Å². The lowest BCUT2D eigenvalue weighted by molar-refractivity contribution is -0.134. The minimum atomic E-state index is -0.346. The Morgan fingerprint density at radius 3 is 3.28 bits per heavy atom. The summed E-state index contributed by atoms with van der Waals surface area (Å²) in [6.07, 6.45) is 3.37. The first-order chi connectivity index (χ1) is 8.79. The molecular weight excluding hydrogens is 250 g/mol. The molecule has 0 spiro atoms. The molecule has 0 aliphatic carbocycles. The lowest BCUT2D eigenvalue weighted by Crippen LogP contribution is -2.48. The molecule has 1 aromatic rings.